The lowest BCUT2D eigenvalue weighted by atomic mass is 10.1. The molecule has 1 aliphatic heterocycles. The molecule has 1 atom stereocenters. The summed E-state index contributed by atoms with van der Waals surface area (Å²) in [5, 5.41) is 5.08. The van der Waals surface area contributed by atoms with Crippen LogP contribution in [0, 0.1) is 0 Å². The van der Waals surface area contributed by atoms with Gasteiger partial charge in [-0.1, -0.05) is 0 Å². The topological polar surface area (TPSA) is 145 Å². The lowest BCUT2D eigenvalue weighted by molar-refractivity contribution is -0.274. The number of morpholine rings is 1. The standard InChI is InChI=1S/C24H24F3N7O4/c1-14(34-6-8-37-9-7-34)21(35)33-19-10-15(2-5-20(19)38-24(25,26)27)22(36)32-17-3-4-18(29-13-17)16-11-30-23(28)31-12-16/h2-5,10-14H,6-9H2,1H3,(H,32,36)(H,33,35)(H2,28,30,31). The van der Waals surface area contributed by atoms with Gasteiger partial charge in [-0.3, -0.25) is 19.5 Å². The molecule has 1 saturated heterocycles. The Morgan fingerprint density at radius 2 is 1.76 bits per heavy atom. The van der Waals surface area contributed by atoms with Gasteiger partial charge in [0.05, 0.1) is 42.5 Å². The SMILES string of the molecule is CC(C(=O)Nc1cc(C(=O)Nc2ccc(-c3cnc(N)nc3)nc2)ccc1OC(F)(F)F)N1CCOCC1. The maximum Gasteiger partial charge on any atom is 0.573 e. The zero-order chi connectivity index (χ0) is 27.3. The maximum absolute atomic E-state index is 13.0. The molecular formula is C24H24F3N7O4. The van der Waals surface area contributed by atoms with Crippen LogP contribution in [0.2, 0.25) is 0 Å². The lowest BCUT2D eigenvalue weighted by Gasteiger charge is -2.31. The third-order valence-corrected chi connectivity index (χ3v) is 5.69. The lowest BCUT2D eigenvalue weighted by Crippen LogP contribution is -2.47. The van der Waals surface area contributed by atoms with E-state index in [0.717, 1.165) is 18.2 Å². The van der Waals surface area contributed by atoms with Gasteiger partial charge in [0, 0.05) is 36.6 Å². The molecule has 2 amide bonds. The van der Waals surface area contributed by atoms with Crippen LogP contribution in [0.3, 0.4) is 0 Å². The summed E-state index contributed by atoms with van der Waals surface area (Å²) in [6, 6.07) is 5.82. The van der Waals surface area contributed by atoms with E-state index in [9.17, 15) is 22.8 Å². The minimum absolute atomic E-state index is 0.00939. The minimum atomic E-state index is -5.00. The van der Waals surface area contributed by atoms with Crippen molar-refractivity contribution in [1.29, 1.82) is 0 Å². The number of nitrogens with two attached hydrogens (primary N) is 1. The number of amides is 2. The van der Waals surface area contributed by atoms with Gasteiger partial charge in [-0.2, -0.15) is 0 Å². The Morgan fingerprint density at radius 1 is 1.05 bits per heavy atom. The first kappa shape index (κ1) is 26.8. The number of nitrogen functional groups attached to an aromatic ring is 1. The molecular weight excluding hydrogens is 507 g/mol. The Labute approximate surface area is 215 Å². The van der Waals surface area contributed by atoms with Crippen LogP contribution in [0.1, 0.15) is 17.3 Å². The van der Waals surface area contributed by atoms with Crippen LogP contribution < -0.4 is 21.1 Å². The predicted molar refractivity (Wildman–Crippen MR) is 131 cm³/mol. The fourth-order valence-corrected chi connectivity index (χ4v) is 3.66. The van der Waals surface area contributed by atoms with E-state index in [1.54, 1.807) is 19.1 Å². The summed E-state index contributed by atoms with van der Waals surface area (Å²) < 4.78 is 48.3. The van der Waals surface area contributed by atoms with Gasteiger partial charge in [0.15, 0.2) is 5.75 Å². The smallest absolute Gasteiger partial charge is 0.404 e. The molecule has 1 fully saturated rings. The summed E-state index contributed by atoms with van der Waals surface area (Å²) in [5.41, 5.74) is 6.66. The average Bonchev–Trinajstić information content (AvgIpc) is 2.90. The van der Waals surface area contributed by atoms with E-state index in [4.69, 9.17) is 10.5 Å². The Bertz CT molecular complexity index is 1280. The zero-order valence-electron chi connectivity index (χ0n) is 20.2. The summed E-state index contributed by atoms with van der Waals surface area (Å²) in [4.78, 5) is 39.6. The molecule has 0 bridgehead atoms. The van der Waals surface area contributed by atoms with Crippen LogP contribution in [-0.4, -0.2) is 70.4 Å². The summed E-state index contributed by atoms with van der Waals surface area (Å²) in [6.07, 6.45) is -0.591. The number of ether oxygens (including phenoxy) is 2. The molecule has 3 heterocycles. The van der Waals surface area contributed by atoms with E-state index < -0.39 is 30.0 Å². The molecule has 4 N–H and O–H groups in total. The highest BCUT2D eigenvalue weighted by molar-refractivity contribution is 6.06. The molecule has 0 aliphatic carbocycles. The number of nitrogens with one attached hydrogen (secondary N) is 2. The van der Waals surface area contributed by atoms with Gasteiger partial charge in [0.1, 0.15) is 0 Å². The number of rotatable bonds is 7. The van der Waals surface area contributed by atoms with Crippen LogP contribution in [0.5, 0.6) is 5.75 Å². The van der Waals surface area contributed by atoms with Crippen molar-refractivity contribution in [3.05, 3.63) is 54.5 Å². The second-order valence-corrected chi connectivity index (χ2v) is 8.29. The third kappa shape index (κ3) is 6.92. The molecule has 1 unspecified atom stereocenters. The highest BCUT2D eigenvalue weighted by atomic mass is 19.4. The molecule has 4 rings (SSSR count). The number of benzene rings is 1. The molecule has 0 saturated carbocycles. The van der Waals surface area contributed by atoms with Crippen LogP contribution in [0.4, 0.5) is 30.5 Å². The first-order valence-electron chi connectivity index (χ1n) is 11.5. The van der Waals surface area contributed by atoms with Gasteiger partial charge in [-0.05, 0) is 37.3 Å². The van der Waals surface area contributed by atoms with E-state index in [1.165, 1.54) is 18.6 Å². The second-order valence-electron chi connectivity index (χ2n) is 8.29. The molecule has 200 valence electrons. The monoisotopic (exact) mass is 531 g/mol. The van der Waals surface area contributed by atoms with Crippen molar-refractivity contribution >= 4 is 29.1 Å². The molecule has 0 spiro atoms. The quantitative estimate of drug-likeness (QED) is 0.419. The van der Waals surface area contributed by atoms with Crippen LogP contribution in [-0.2, 0) is 9.53 Å². The highest BCUT2D eigenvalue weighted by Crippen LogP contribution is 2.32. The van der Waals surface area contributed by atoms with Gasteiger partial charge in [0.2, 0.25) is 11.9 Å². The van der Waals surface area contributed by atoms with Gasteiger partial charge in [-0.25, -0.2) is 9.97 Å². The minimum Gasteiger partial charge on any atom is -0.404 e. The number of alkyl halides is 3. The second kappa shape index (κ2) is 11.4. The Hall–Kier alpha value is -4.30. The van der Waals surface area contributed by atoms with Crippen molar-refractivity contribution in [2.45, 2.75) is 19.3 Å². The van der Waals surface area contributed by atoms with Crippen molar-refractivity contribution in [3.63, 3.8) is 0 Å². The molecule has 3 aromatic rings. The summed E-state index contributed by atoms with van der Waals surface area (Å²) in [6.45, 7) is 3.52. The zero-order valence-corrected chi connectivity index (χ0v) is 20.2. The van der Waals surface area contributed by atoms with E-state index in [0.29, 0.717) is 43.2 Å². The molecule has 14 heteroatoms. The fourth-order valence-electron chi connectivity index (χ4n) is 3.66. The number of hydrogen-bond acceptors (Lipinski definition) is 9. The summed E-state index contributed by atoms with van der Waals surface area (Å²) >= 11 is 0. The maximum atomic E-state index is 13.0. The first-order chi connectivity index (χ1) is 18.1. The van der Waals surface area contributed by atoms with Gasteiger partial charge in [-0.15, -0.1) is 13.2 Å². The van der Waals surface area contributed by atoms with Crippen molar-refractivity contribution < 1.29 is 32.2 Å². The van der Waals surface area contributed by atoms with Gasteiger partial charge in [0.25, 0.3) is 5.91 Å². The normalized spacial score (nSPS) is 14.9. The number of carbonyl (C=O) groups excluding carboxylic acids is 2. The number of anilines is 3. The van der Waals surface area contributed by atoms with E-state index in [2.05, 4.69) is 30.3 Å². The fraction of sp³-hybridized carbons (Fsp3) is 0.292. The predicted octanol–water partition coefficient (Wildman–Crippen LogP) is 2.93. The van der Waals surface area contributed by atoms with Gasteiger partial charge >= 0.3 is 6.36 Å². The van der Waals surface area contributed by atoms with E-state index in [-0.39, 0.29) is 17.2 Å². The van der Waals surface area contributed by atoms with Crippen molar-refractivity contribution in [2.24, 2.45) is 0 Å². The number of carbonyl (C=O) groups is 2. The van der Waals surface area contributed by atoms with Crippen molar-refractivity contribution in [1.82, 2.24) is 19.9 Å². The number of aromatic nitrogens is 3. The number of nitrogens with zero attached hydrogens (tertiary/aromatic N) is 4. The first-order valence-corrected chi connectivity index (χ1v) is 11.5. The summed E-state index contributed by atoms with van der Waals surface area (Å²) in [7, 11) is 0. The number of pyridine rings is 1. The van der Waals surface area contributed by atoms with Crippen molar-refractivity contribution in [2.75, 3.05) is 42.7 Å². The van der Waals surface area contributed by atoms with Crippen LogP contribution in [0.15, 0.2) is 48.9 Å². The molecule has 2 aromatic heterocycles. The molecule has 38 heavy (non-hydrogen) atoms. The van der Waals surface area contributed by atoms with Crippen LogP contribution in [0.25, 0.3) is 11.3 Å². The number of hydrogen-bond donors (Lipinski definition) is 3. The van der Waals surface area contributed by atoms with E-state index in [1.807, 2.05) is 4.90 Å². The average molecular weight is 531 g/mol. The number of halogens is 3. The molecule has 1 aromatic carbocycles. The van der Waals surface area contributed by atoms with E-state index >= 15 is 0 Å². The Balaban J connectivity index is 1.50. The van der Waals surface area contributed by atoms with Crippen molar-refractivity contribution in [3.8, 4) is 17.0 Å². The molecule has 0 radical (unpaired) electrons. The highest BCUT2D eigenvalue weighted by Gasteiger charge is 2.33. The Kier molecular flexibility index (Phi) is 8.02. The Morgan fingerprint density at radius 3 is 2.39 bits per heavy atom. The van der Waals surface area contributed by atoms with Gasteiger partial charge < -0.3 is 25.8 Å². The largest absolute Gasteiger partial charge is 0.573 e. The third-order valence-electron chi connectivity index (χ3n) is 5.69. The summed E-state index contributed by atoms with van der Waals surface area (Å²) in [5.74, 6) is -1.71. The molecule has 1 aliphatic rings. The molecule has 11 nitrogen and oxygen atoms in total. The van der Waals surface area contributed by atoms with Crippen LogP contribution >= 0.6 is 0 Å².